The van der Waals surface area contributed by atoms with Gasteiger partial charge < -0.3 is 10.5 Å². The molecule has 1 heterocycles. The van der Waals surface area contributed by atoms with Crippen molar-refractivity contribution >= 4 is 15.9 Å². The van der Waals surface area contributed by atoms with Crippen molar-refractivity contribution in [1.82, 2.24) is 4.98 Å². The molecule has 0 atom stereocenters. The average Bonchev–Trinajstić information content (AvgIpc) is 2.45. The van der Waals surface area contributed by atoms with Crippen LogP contribution in [0.3, 0.4) is 0 Å². The van der Waals surface area contributed by atoms with Crippen molar-refractivity contribution in [3.8, 4) is 5.88 Å². The van der Waals surface area contributed by atoms with E-state index in [1.165, 1.54) is 0 Å². The Morgan fingerprint density at radius 1 is 1.10 bits per heavy atom. The quantitative estimate of drug-likeness (QED) is 0.901. The van der Waals surface area contributed by atoms with E-state index in [-0.39, 0.29) is 5.41 Å². The van der Waals surface area contributed by atoms with Crippen LogP contribution in [0.5, 0.6) is 5.88 Å². The van der Waals surface area contributed by atoms with Crippen LogP contribution < -0.4 is 10.5 Å². The van der Waals surface area contributed by atoms with E-state index in [2.05, 4.69) is 41.7 Å². The topological polar surface area (TPSA) is 48.1 Å². The molecule has 2 rings (SSSR count). The van der Waals surface area contributed by atoms with Gasteiger partial charge in [0, 0.05) is 22.5 Å². The number of hydrogen-bond donors (Lipinski definition) is 1. The maximum absolute atomic E-state index is 5.83. The average molecular weight is 349 g/mol. The molecule has 21 heavy (non-hydrogen) atoms. The molecule has 0 fully saturated rings. The third-order valence-electron chi connectivity index (χ3n) is 3.17. The molecule has 2 N–H and O–H groups in total. The molecule has 0 radical (unpaired) electrons. The normalized spacial score (nSPS) is 11.5. The van der Waals surface area contributed by atoms with Crippen LogP contribution >= 0.6 is 15.9 Å². The molecule has 0 spiro atoms. The van der Waals surface area contributed by atoms with E-state index in [1.807, 2.05) is 36.4 Å². The van der Waals surface area contributed by atoms with E-state index in [0.29, 0.717) is 19.0 Å². The minimum absolute atomic E-state index is 0.0269. The molecular formula is C17H21BrN2O. The Morgan fingerprint density at radius 2 is 1.76 bits per heavy atom. The van der Waals surface area contributed by atoms with Gasteiger partial charge in [0.05, 0.1) is 5.69 Å². The summed E-state index contributed by atoms with van der Waals surface area (Å²) in [4.78, 5) is 4.60. The fourth-order valence-corrected chi connectivity index (χ4v) is 2.14. The summed E-state index contributed by atoms with van der Waals surface area (Å²) in [6, 6.07) is 12.0. The van der Waals surface area contributed by atoms with Gasteiger partial charge in [0.25, 0.3) is 0 Å². The molecule has 4 heteroatoms. The molecule has 3 nitrogen and oxygen atoms in total. The number of benzene rings is 1. The highest BCUT2D eigenvalue weighted by Gasteiger charge is 2.17. The Morgan fingerprint density at radius 3 is 2.33 bits per heavy atom. The van der Waals surface area contributed by atoms with E-state index in [4.69, 9.17) is 10.5 Å². The van der Waals surface area contributed by atoms with E-state index >= 15 is 0 Å². The maximum Gasteiger partial charge on any atom is 0.214 e. The lowest BCUT2D eigenvalue weighted by atomic mass is 9.91. The number of ether oxygens (including phenoxy) is 1. The standard InChI is InChI=1S/C17H21BrN2O/c1-17(2,3)15-8-13(10-19)9-16(20-15)21-11-12-4-6-14(18)7-5-12/h4-9H,10-11,19H2,1-3H3. The first kappa shape index (κ1) is 16.0. The summed E-state index contributed by atoms with van der Waals surface area (Å²) in [5.74, 6) is 0.630. The van der Waals surface area contributed by atoms with Crippen LogP contribution in [0.15, 0.2) is 40.9 Å². The molecule has 0 unspecified atom stereocenters. The van der Waals surface area contributed by atoms with Crippen LogP contribution in [-0.4, -0.2) is 4.98 Å². The van der Waals surface area contributed by atoms with Crippen molar-refractivity contribution in [3.63, 3.8) is 0 Å². The van der Waals surface area contributed by atoms with Gasteiger partial charge in [-0.3, -0.25) is 0 Å². The Balaban J connectivity index is 2.17. The van der Waals surface area contributed by atoms with Crippen molar-refractivity contribution < 1.29 is 4.74 Å². The Kier molecular flexibility index (Phi) is 5.01. The van der Waals surface area contributed by atoms with Gasteiger partial charge in [-0.15, -0.1) is 0 Å². The van der Waals surface area contributed by atoms with Crippen molar-refractivity contribution in [2.75, 3.05) is 0 Å². The molecule has 0 amide bonds. The van der Waals surface area contributed by atoms with Crippen LogP contribution in [0.2, 0.25) is 0 Å². The lowest BCUT2D eigenvalue weighted by molar-refractivity contribution is 0.291. The smallest absolute Gasteiger partial charge is 0.214 e. The van der Waals surface area contributed by atoms with E-state index in [9.17, 15) is 0 Å². The molecule has 0 aliphatic carbocycles. The summed E-state index contributed by atoms with van der Waals surface area (Å²) in [5.41, 5.74) is 8.89. The summed E-state index contributed by atoms with van der Waals surface area (Å²) >= 11 is 3.42. The van der Waals surface area contributed by atoms with Crippen molar-refractivity contribution in [1.29, 1.82) is 0 Å². The maximum atomic E-state index is 5.83. The van der Waals surface area contributed by atoms with Crippen LogP contribution in [0.1, 0.15) is 37.6 Å². The number of pyridine rings is 1. The number of nitrogens with zero attached hydrogens (tertiary/aromatic N) is 1. The van der Waals surface area contributed by atoms with Crippen LogP contribution in [-0.2, 0) is 18.6 Å². The molecule has 1 aromatic carbocycles. The Labute approximate surface area is 134 Å². The second-order valence-electron chi connectivity index (χ2n) is 6.07. The number of halogens is 1. The van der Waals surface area contributed by atoms with Crippen LogP contribution in [0.4, 0.5) is 0 Å². The van der Waals surface area contributed by atoms with E-state index in [0.717, 1.165) is 21.3 Å². The van der Waals surface area contributed by atoms with Crippen LogP contribution in [0.25, 0.3) is 0 Å². The number of hydrogen-bond acceptors (Lipinski definition) is 3. The lowest BCUT2D eigenvalue weighted by Crippen LogP contribution is -2.15. The van der Waals surface area contributed by atoms with Gasteiger partial charge in [-0.05, 0) is 29.3 Å². The first-order valence-corrected chi connectivity index (χ1v) is 7.76. The minimum Gasteiger partial charge on any atom is -0.473 e. The van der Waals surface area contributed by atoms with Crippen molar-refractivity contribution in [3.05, 3.63) is 57.7 Å². The van der Waals surface area contributed by atoms with Crippen LogP contribution in [0, 0.1) is 0 Å². The van der Waals surface area contributed by atoms with Gasteiger partial charge in [-0.1, -0.05) is 48.8 Å². The van der Waals surface area contributed by atoms with E-state index < -0.39 is 0 Å². The Hall–Kier alpha value is -1.39. The zero-order chi connectivity index (χ0) is 15.5. The van der Waals surface area contributed by atoms with Gasteiger partial charge >= 0.3 is 0 Å². The molecule has 1 aromatic heterocycles. The molecule has 0 aliphatic heterocycles. The number of aromatic nitrogens is 1. The van der Waals surface area contributed by atoms with Crippen molar-refractivity contribution in [2.24, 2.45) is 5.73 Å². The highest BCUT2D eigenvalue weighted by atomic mass is 79.9. The summed E-state index contributed by atoms with van der Waals surface area (Å²) in [7, 11) is 0. The first-order valence-electron chi connectivity index (χ1n) is 6.97. The molecule has 0 bridgehead atoms. The van der Waals surface area contributed by atoms with Gasteiger partial charge in [0.1, 0.15) is 6.61 Å². The van der Waals surface area contributed by atoms with Gasteiger partial charge in [0.2, 0.25) is 5.88 Å². The fraction of sp³-hybridized carbons (Fsp3) is 0.353. The molecule has 112 valence electrons. The summed E-state index contributed by atoms with van der Waals surface area (Å²) in [5, 5.41) is 0. The second-order valence-corrected chi connectivity index (χ2v) is 6.98. The van der Waals surface area contributed by atoms with Gasteiger partial charge in [-0.25, -0.2) is 4.98 Å². The lowest BCUT2D eigenvalue weighted by Gasteiger charge is -2.19. The Bertz CT molecular complexity index is 603. The molecular weight excluding hydrogens is 328 g/mol. The van der Waals surface area contributed by atoms with Crippen molar-refractivity contribution in [2.45, 2.75) is 39.3 Å². The van der Waals surface area contributed by atoms with Gasteiger partial charge in [0.15, 0.2) is 0 Å². The molecule has 0 saturated heterocycles. The molecule has 2 aromatic rings. The summed E-state index contributed by atoms with van der Waals surface area (Å²) < 4.78 is 6.89. The first-order chi connectivity index (χ1) is 9.88. The number of nitrogens with two attached hydrogens (primary N) is 1. The minimum atomic E-state index is -0.0269. The fourth-order valence-electron chi connectivity index (χ4n) is 1.87. The van der Waals surface area contributed by atoms with Gasteiger partial charge in [-0.2, -0.15) is 0 Å². The zero-order valence-electron chi connectivity index (χ0n) is 12.7. The molecule has 0 aliphatic rings. The third kappa shape index (κ3) is 4.55. The SMILES string of the molecule is CC(C)(C)c1cc(CN)cc(OCc2ccc(Br)cc2)n1. The predicted octanol–water partition coefficient (Wildman–Crippen LogP) is 4.18. The monoisotopic (exact) mass is 348 g/mol. The van der Waals surface area contributed by atoms with E-state index in [1.54, 1.807) is 0 Å². The second kappa shape index (κ2) is 6.58. The highest BCUT2D eigenvalue weighted by Crippen LogP contribution is 2.24. The highest BCUT2D eigenvalue weighted by molar-refractivity contribution is 9.10. The zero-order valence-corrected chi connectivity index (χ0v) is 14.3. The summed E-state index contributed by atoms with van der Waals surface area (Å²) in [6.45, 7) is 7.38. The largest absolute Gasteiger partial charge is 0.473 e. The molecule has 0 saturated carbocycles. The number of rotatable bonds is 4. The third-order valence-corrected chi connectivity index (χ3v) is 3.69. The summed E-state index contributed by atoms with van der Waals surface area (Å²) in [6.07, 6.45) is 0. The predicted molar refractivity (Wildman–Crippen MR) is 89.3 cm³/mol.